The summed E-state index contributed by atoms with van der Waals surface area (Å²) in [6.07, 6.45) is 1.31. The van der Waals surface area contributed by atoms with Gasteiger partial charge in [-0.2, -0.15) is 0 Å². The molecule has 0 fully saturated rings. The van der Waals surface area contributed by atoms with Crippen LogP contribution in [-0.4, -0.2) is 22.8 Å². The van der Waals surface area contributed by atoms with Crippen molar-refractivity contribution < 1.29 is 14.3 Å². The maximum Gasteiger partial charge on any atom is 0.357 e. The number of rotatable bonds is 4. The van der Waals surface area contributed by atoms with E-state index in [-0.39, 0.29) is 23.5 Å². The molecule has 98 valence electrons. The van der Waals surface area contributed by atoms with Crippen LogP contribution in [0.1, 0.15) is 66.9 Å². The Kier molecular flexibility index (Phi) is 4.59. The first-order chi connectivity index (χ1) is 8.34. The van der Waals surface area contributed by atoms with Crippen molar-refractivity contribution in [1.82, 2.24) is 4.98 Å². The average molecular weight is 249 g/mol. The number of carbonyl (C=O) groups excluding carboxylic acids is 2. The number of hydrogen-bond donors (Lipinski definition) is 0. The molecule has 0 aliphatic rings. The minimum atomic E-state index is -0.544. The fourth-order valence-corrected chi connectivity index (χ4v) is 1.75. The zero-order valence-corrected chi connectivity index (χ0v) is 11.5. The van der Waals surface area contributed by atoms with Gasteiger partial charge in [0.25, 0.3) is 0 Å². The van der Waals surface area contributed by atoms with Gasteiger partial charge in [0.05, 0.1) is 11.7 Å². The Bertz CT molecular complexity index is 464. The molecule has 0 amide bonds. The zero-order valence-electron chi connectivity index (χ0n) is 11.5. The SMILES string of the molecule is CC(=O)c1c(C(C)C)ccnc1C(=O)OC(C)C. The second kappa shape index (κ2) is 5.76. The fourth-order valence-electron chi connectivity index (χ4n) is 1.75. The molecular formula is C14H19NO3. The lowest BCUT2D eigenvalue weighted by molar-refractivity contribution is 0.0368. The molecule has 0 atom stereocenters. The van der Waals surface area contributed by atoms with Gasteiger partial charge in [0, 0.05) is 6.20 Å². The van der Waals surface area contributed by atoms with Crippen LogP contribution in [0.15, 0.2) is 12.3 Å². The maximum absolute atomic E-state index is 11.9. The van der Waals surface area contributed by atoms with E-state index in [1.165, 1.54) is 6.92 Å². The van der Waals surface area contributed by atoms with Crippen molar-refractivity contribution in [2.24, 2.45) is 0 Å². The summed E-state index contributed by atoms with van der Waals surface area (Å²) in [5.74, 6) is -0.558. The number of nitrogens with zero attached hydrogens (tertiary/aromatic N) is 1. The molecule has 0 unspecified atom stereocenters. The molecule has 0 N–H and O–H groups in total. The number of hydrogen-bond acceptors (Lipinski definition) is 4. The first-order valence-electron chi connectivity index (χ1n) is 6.05. The number of Topliss-reactive ketones (excluding diaryl/α,β-unsaturated/α-hetero) is 1. The Morgan fingerprint density at radius 1 is 1.22 bits per heavy atom. The predicted molar refractivity (Wildman–Crippen MR) is 68.9 cm³/mol. The lowest BCUT2D eigenvalue weighted by atomic mass is 9.94. The Hall–Kier alpha value is -1.71. The lowest BCUT2D eigenvalue weighted by Crippen LogP contribution is -2.18. The summed E-state index contributed by atoms with van der Waals surface area (Å²) in [4.78, 5) is 27.7. The quantitative estimate of drug-likeness (QED) is 0.608. The lowest BCUT2D eigenvalue weighted by Gasteiger charge is -2.14. The van der Waals surface area contributed by atoms with Crippen LogP contribution in [0.5, 0.6) is 0 Å². The van der Waals surface area contributed by atoms with Crippen molar-refractivity contribution in [2.45, 2.75) is 46.6 Å². The van der Waals surface area contributed by atoms with E-state index in [4.69, 9.17) is 4.74 Å². The normalized spacial score (nSPS) is 10.8. The molecule has 1 aromatic heterocycles. The van der Waals surface area contributed by atoms with Crippen LogP contribution in [0.25, 0.3) is 0 Å². The van der Waals surface area contributed by atoms with E-state index in [1.807, 2.05) is 13.8 Å². The molecule has 1 rings (SSSR count). The highest BCUT2D eigenvalue weighted by atomic mass is 16.5. The molecule has 0 aliphatic carbocycles. The van der Waals surface area contributed by atoms with Gasteiger partial charge in [0.2, 0.25) is 0 Å². The molecule has 0 spiro atoms. The molecule has 0 bridgehead atoms. The smallest absolute Gasteiger partial charge is 0.357 e. The predicted octanol–water partition coefficient (Wildman–Crippen LogP) is 2.97. The molecule has 1 aromatic rings. The summed E-state index contributed by atoms with van der Waals surface area (Å²) in [6.45, 7) is 8.91. The summed E-state index contributed by atoms with van der Waals surface area (Å²) in [5, 5.41) is 0. The van der Waals surface area contributed by atoms with Crippen LogP contribution in [-0.2, 0) is 4.74 Å². The van der Waals surface area contributed by atoms with Crippen molar-refractivity contribution in [2.75, 3.05) is 0 Å². The average Bonchev–Trinajstić information content (AvgIpc) is 2.26. The Morgan fingerprint density at radius 3 is 2.28 bits per heavy atom. The van der Waals surface area contributed by atoms with Crippen LogP contribution in [0, 0.1) is 0 Å². The number of ether oxygens (including phenoxy) is 1. The molecule has 18 heavy (non-hydrogen) atoms. The molecule has 0 saturated carbocycles. The summed E-state index contributed by atoms with van der Waals surface area (Å²) in [7, 11) is 0. The number of aromatic nitrogens is 1. The van der Waals surface area contributed by atoms with Crippen molar-refractivity contribution in [3.63, 3.8) is 0 Å². The van der Waals surface area contributed by atoms with E-state index in [2.05, 4.69) is 4.98 Å². The Labute approximate surface area is 107 Å². The third-order valence-corrected chi connectivity index (χ3v) is 2.49. The first kappa shape index (κ1) is 14.4. The van der Waals surface area contributed by atoms with Crippen LogP contribution < -0.4 is 0 Å². The highest BCUT2D eigenvalue weighted by Gasteiger charge is 2.22. The largest absolute Gasteiger partial charge is 0.458 e. The summed E-state index contributed by atoms with van der Waals surface area (Å²) in [6, 6.07) is 1.77. The van der Waals surface area contributed by atoms with Gasteiger partial charge in [-0.3, -0.25) is 4.79 Å². The summed E-state index contributed by atoms with van der Waals surface area (Å²) in [5.41, 5.74) is 1.31. The van der Waals surface area contributed by atoms with Gasteiger partial charge < -0.3 is 4.74 Å². The van der Waals surface area contributed by atoms with Crippen molar-refractivity contribution in [1.29, 1.82) is 0 Å². The molecule has 4 nitrogen and oxygen atoms in total. The highest BCUT2D eigenvalue weighted by Crippen LogP contribution is 2.22. The molecule has 4 heteroatoms. The van der Waals surface area contributed by atoms with E-state index in [1.54, 1.807) is 26.1 Å². The van der Waals surface area contributed by atoms with Gasteiger partial charge in [-0.25, -0.2) is 9.78 Å². The van der Waals surface area contributed by atoms with Gasteiger partial charge in [0.15, 0.2) is 11.5 Å². The number of carbonyl (C=O) groups is 2. The zero-order chi connectivity index (χ0) is 13.9. The van der Waals surface area contributed by atoms with Crippen LogP contribution in [0.3, 0.4) is 0 Å². The van der Waals surface area contributed by atoms with E-state index in [0.29, 0.717) is 5.56 Å². The van der Waals surface area contributed by atoms with Crippen LogP contribution >= 0.6 is 0 Å². The van der Waals surface area contributed by atoms with Gasteiger partial charge in [-0.15, -0.1) is 0 Å². The second-order valence-electron chi connectivity index (χ2n) is 4.79. The van der Waals surface area contributed by atoms with Crippen molar-refractivity contribution in [3.05, 3.63) is 29.1 Å². The molecular weight excluding hydrogens is 230 g/mol. The van der Waals surface area contributed by atoms with E-state index < -0.39 is 5.97 Å². The van der Waals surface area contributed by atoms with E-state index in [0.717, 1.165) is 5.56 Å². The molecule has 0 aromatic carbocycles. The number of pyridine rings is 1. The van der Waals surface area contributed by atoms with E-state index >= 15 is 0 Å². The monoisotopic (exact) mass is 249 g/mol. The number of ketones is 1. The third-order valence-electron chi connectivity index (χ3n) is 2.49. The van der Waals surface area contributed by atoms with Gasteiger partial charge >= 0.3 is 5.97 Å². The minimum Gasteiger partial charge on any atom is -0.458 e. The topological polar surface area (TPSA) is 56.3 Å². The van der Waals surface area contributed by atoms with Crippen LogP contribution in [0.2, 0.25) is 0 Å². The van der Waals surface area contributed by atoms with Crippen molar-refractivity contribution >= 4 is 11.8 Å². The minimum absolute atomic E-state index is 0.113. The fraction of sp³-hybridized carbons (Fsp3) is 0.500. The summed E-state index contributed by atoms with van der Waals surface area (Å²) < 4.78 is 5.11. The van der Waals surface area contributed by atoms with Gasteiger partial charge in [-0.1, -0.05) is 13.8 Å². The molecule has 0 radical (unpaired) electrons. The van der Waals surface area contributed by atoms with Gasteiger partial charge in [0.1, 0.15) is 0 Å². The Balaban J connectivity index is 3.31. The highest BCUT2D eigenvalue weighted by molar-refractivity contribution is 6.05. The Morgan fingerprint density at radius 2 is 1.83 bits per heavy atom. The van der Waals surface area contributed by atoms with E-state index in [9.17, 15) is 9.59 Å². The molecule has 0 saturated heterocycles. The second-order valence-corrected chi connectivity index (χ2v) is 4.79. The van der Waals surface area contributed by atoms with Gasteiger partial charge in [-0.05, 0) is 38.3 Å². The third kappa shape index (κ3) is 3.15. The summed E-state index contributed by atoms with van der Waals surface area (Å²) >= 11 is 0. The standard InChI is InChI=1S/C14H19NO3/c1-8(2)11-6-7-15-13(12(11)10(5)16)14(17)18-9(3)4/h6-9H,1-5H3. The number of esters is 1. The molecule has 0 aliphatic heterocycles. The first-order valence-corrected chi connectivity index (χ1v) is 6.05. The van der Waals surface area contributed by atoms with Crippen molar-refractivity contribution in [3.8, 4) is 0 Å². The molecule has 1 heterocycles. The van der Waals surface area contributed by atoms with Crippen LogP contribution in [0.4, 0.5) is 0 Å². The maximum atomic E-state index is 11.9.